The standard InChI is InChI=1S/C30H30N2O5/c33-27-10-14-32(28(34)19-37-25-7-3-5-21-4-1-2-6-24(21)25)20-30(27)12-15-31(16-13-30)29(35)23-9-8-22-11-17-36-26(22)18-23/h1-9,11,17-18,27,33H,10,12-16,19-20H2. The highest BCUT2D eigenvalue weighted by Crippen LogP contribution is 2.40. The Bertz CT molecular complexity index is 1450. The highest BCUT2D eigenvalue weighted by atomic mass is 16.5. The number of aliphatic hydroxyl groups is 1. The van der Waals surface area contributed by atoms with Crippen LogP contribution in [-0.2, 0) is 4.79 Å². The predicted octanol–water partition coefficient (Wildman–Crippen LogP) is 4.48. The van der Waals surface area contributed by atoms with Crippen LogP contribution >= 0.6 is 0 Å². The van der Waals surface area contributed by atoms with Crippen molar-refractivity contribution in [1.82, 2.24) is 9.80 Å². The van der Waals surface area contributed by atoms with E-state index < -0.39 is 11.5 Å². The van der Waals surface area contributed by atoms with Crippen LogP contribution in [-0.4, -0.2) is 65.6 Å². The average Bonchev–Trinajstić information content (AvgIpc) is 3.41. The van der Waals surface area contributed by atoms with Gasteiger partial charge in [-0.05, 0) is 48.9 Å². The van der Waals surface area contributed by atoms with Gasteiger partial charge in [-0.2, -0.15) is 0 Å². The number of piperidine rings is 2. The number of furan rings is 1. The number of fused-ring (bicyclic) bond motifs is 2. The molecule has 0 saturated carbocycles. The lowest BCUT2D eigenvalue weighted by atomic mass is 9.70. The minimum Gasteiger partial charge on any atom is -0.483 e. The molecule has 0 aliphatic carbocycles. The molecule has 7 heteroatoms. The first-order valence-electron chi connectivity index (χ1n) is 12.9. The number of likely N-dealkylation sites (tertiary alicyclic amines) is 2. The van der Waals surface area contributed by atoms with Gasteiger partial charge in [-0.25, -0.2) is 0 Å². The Morgan fingerprint density at radius 3 is 2.62 bits per heavy atom. The third-order valence-electron chi connectivity index (χ3n) is 8.09. The number of aliphatic hydroxyl groups excluding tert-OH is 1. The maximum Gasteiger partial charge on any atom is 0.260 e. The van der Waals surface area contributed by atoms with Crippen molar-refractivity contribution in [2.45, 2.75) is 25.4 Å². The SMILES string of the molecule is O=C(COc1cccc2ccccc12)N1CCC(O)C2(CCN(C(=O)c3ccc4ccoc4c3)CC2)C1. The molecular weight excluding hydrogens is 468 g/mol. The molecule has 1 atom stereocenters. The van der Waals surface area contributed by atoms with Gasteiger partial charge in [-0.15, -0.1) is 0 Å². The zero-order valence-electron chi connectivity index (χ0n) is 20.6. The molecule has 6 rings (SSSR count). The van der Waals surface area contributed by atoms with Crippen molar-refractivity contribution >= 4 is 33.6 Å². The fourth-order valence-electron chi connectivity index (χ4n) is 5.83. The van der Waals surface area contributed by atoms with Crippen LogP contribution in [0.4, 0.5) is 0 Å². The highest BCUT2D eigenvalue weighted by Gasteiger charge is 2.46. The fraction of sp³-hybridized carbons (Fsp3) is 0.333. The molecule has 2 saturated heterocycles. The van der Waals surface area contributed by atoms with E-state index in [9.17, 15) is 14.7 Å². The largest absolute Gasteiger partial charge is 0.483 e. The van der Waals surface area contributed by atoms with E-state index in [1.54, 1.807) is 12.3 Å². The molecule has 7 nitrogen and oxygen atoms in total. The van der Waals surface area contributed by atoms with E-state index in [-0.39, 0.29) is 18.4 Å². The highest BCUT2D eigenvalue weighted by molar-refractivity contribution is 5.97. The molecule has 0 radical (unpaired) electrons. The van der Waals surface area contributed by atoms with Crippen LogP contribution < -0.4 is 4.74 Å². The summed E-state index contributed by atoms with van der Waals surface area (Å²) in [7, 11) is 0. The first-order chi connectivity index (χ1) is 18.0. The summed E-state index contributed by atoms with van der Waals surface area (Å²) in [5, 5.41) is 14.0. The summed E-state index contributed by atoms with van der Waals surface area (Å²) in [6.45, 7) is 2.03. The van der Waals surface area contributed by atoms with E-state index in [1.807, 2.05) is 70.5 Å². The molecule has 2 fully saturated rings. The lowest BCUT2D eigenvalue weighted by Crippen LogP contribution is -2.58. The number of carbonyl (C=O) groups excluding carboxylic acids is 2. The summed E-state index contributed by atoms with van der Waals surface area (Å²) in [6.07, 6.45) is 2.96. The number of nitrogens with zero attached hydrogens (tertiary/aromatic N) is 2. The molecule has 0 bridgehead atoms. The Morgan fingerprint density at radius 1 is 0.946 bits per heavy atom. The number of hydrogen-bond donors (Lipinski definition) is 1. The number of hydrogen-bond acceptors (Lipinski definition) is 5. The number of ether oxygens (including phenoxy) is 1. The molecule has 1 N–H and O–H groups in total. The zero-order valence-corrected chi connectivity index (χ0v) is 20.6. The molecule has 4 aromatic rings. The number of carbonyl (C=O) groups is 2. The van der Waals surface area contributed by atoms with Gasteiger partial charge in [0, 0.05) is 47.9 Å². The number of amides is 2. The van der Waals surface area contributed by atoms with Crippen LogP contribution in [0.15, 0.2) is 77.4 Å². The monoisotopic (exact) mass is 498 g/mol. The van der Waals surface area contributed by atoms with Crippen molar-refractivity contribution in [2.24, 2.45) is 5.41 Å². The van der Waals surface area contributed by atoms with Crippen molar-refractivity contribution < 1.29 is 23.8 Å². The van der Waals surface area contributed by atoms with Crippen LogP contribution in [0.2, 0.25) is 0 Å². The molecule has 3 heterocycles. The molecule has 1 spiro atoms. The Hall–Kier alpha value is -3.84. The number of rotatable bonds is 4. The normalized spacial score (nSPS) is 19.4. The molecule has 190 valence electrons. The van der Waals surface area contributed by atoms with Crippen molar-refractivity contribution in [1.29, 1.82) is 0 Å². The van der Waals surface area contributed by atoms with Gasteiger partial charge < -0.3 is 24.1 Å². The van der Waals surface area contributed by atoms with E-state index in [4.69, 9.17) is 9.15 Å². The zero-order chi connectivity index (χ0) is 25.4. The summed E-state index contributed by atoms with van der Waals surface area (Å²) in [6, 6.07) is 21.2. The smallest absolute Gasteiger partial charge is 0.260 e. The molecule has 1 unspecified atom stereocenters. The minimum atomic E-state index is -0.493. The minimum absolute atomic E-state index is 0.0325. The summed E-state index contributed by atoms with van der Waals surface area (Å²) in [5.41, 5.74) is 0.890. The lowest BCUT2D eigenvalue weighted by Gasteiger charge is -2.50. The van der Waals surface area contributed by atoms with E-state index in [0.717, 1.165) is 16.2 Å². The van der Waals surface area contributed by atoms with Crippen molar-refractivity contribution in [3.63, 3.8) is 0 Å². The van der Waals surface area contributed by atoms with E-state index in [0.29, 0.717) is 62.3 Å². The second-order valence-electron chi connectivity index (χ2n) is 10.2. The van der Waals surface area contributed by atoms with Gasteiger partial charge in [-0.3, -0.25) is 9.59 Å². The summed E-state index contributed by atoms with van der Waals surface area (Å²) < 4.78 is 11.4. The van der Waals surface area contributed by atoms with E-state index in [1.165, 1.54) is 0 Å². The van der Waals surface area contributed by atoms with Crippen molar-refractivity contribution in [3.05, 3.63) is 78.6 Å². The molecule has 3 aromatic carbocycles. The summed E-state index contributed by atoms with van der Waals surface area (Å²) >= 11 is 0. The molecular formula is C30H30N2O5. The van der Waals surface area contributed by atoms with Gasteiger partial charge in [0.15, 0.2) is 6.61 Å². The Labute approximate surface area is 215 Å². The van der Waals surface area contributed by atoms with E-state index in [2.05, 4.69) is 0 Å². The fourth-order valence-corrected chi connectivity index (χ4v) is 5.83. The van der Waals surface area contributed by atoms with Crippen LogP contribution in [0.5, 0.6) is 5.75 Å². The first-order valence-corrected chi connectivity index (χ1v) is 12.9. The Morgan fingerprint density at radius 2 is 1.76 bits per heavy atom. The maximum atomic E-state index is 13.1. The van der Waals surface area contributed by atoms with Crippen LogP contribution in [0.1, 0.15) is 29.6 Å². The lowest BCUT2D eigenvalue weighted by molar-refractivity contribution is -0.144. The third-order valence-corrected chi connectivity index (χ3v) is 8.09. The van der Waals surface area contributed by atoms with Gasteiger partial charge in [0.25, 0.3) is 11.8 Å². The van der Waals surface area contributed by atoms with Crippen LogP contribution in [0.25, 0.3) is 21.7 Å². The average molecular weight is 499 g/mol. The maximum absolute atomic E-state index is 13.1. The van der Waals surface area contributed by atoms with Crippen LogP contribution in [0, 0.1) is 5.41 Å². The molecule has 1 aromatic heterocycles. The topological polar surface area (TPSA) is 83.2 Å². The molecule has 2 aliphatic heterocycles. The number of benzene rings is 3. The quantitative estimate of drug-likeness (QED) is 0.449. The van der Waals surface area contributed by atoms with Gasteiger partial charge in [-0.1, -0.05) is 42.5 Å². The Kier molecular flexibility index (Phi) is 6.08. The summed E-state index contributed by atoms with van der Waals surface area (Å²) in [4.78, 5) is 29.9. The third kappa shape index (κ3) is 4.44. The van der Waals surface area contributed by atoms with Gasteiger partial charge in [0.1, 0.15) is 11.3 Å². The molecule has 2 amide bonds. The second-order valence-corrected chi connectivity index (χ2v) is 10.2. The molecule has 2 aliphatic rings. The predicted molar refractivity (Wildman–Crippen MR) is 140 cm³/mol. The van der Waals surface area contributed by atoms with E-state index >= 15 is 0 Å². The second kappa shape index (κ2) is 9.56. The van der Waals surface area contributed by atoms with Gasteiger partial charge in [0.05, 0.1) is 12.4 Å². The molecule has 37 heavy (non-hydrogen) atoms. The van der Waals surface area contributed by atoms with Crippen molar-refractivity contribution in [3.8, 4) is 5.75 Å². The van der Waals surface area contributed by atoms with Gasteiger partial charge >= 0.3 is 0 Å². The Balaban J connectivity index is 1.09. The van der Waals surface area contributed by atoms with Gasteiger partial charge in [0.2, 0.25) is 0 Å². The van der Waals surface area contributed by atoms with Crippen LogP contribution in [0.3, 0.4) is 0 Å². The summed E-state index contributed by atoms with van der Waals surface area (Å²) in [5.74, 6) is 0.581. The first kappa shape index (κ1) is 23.6. The van der Waals surface area contributed by atoms with Crippen molar-refractivity contribution in [2.75, 3.05) is 32.8 Å².